The average molecular weight is 463 g/mol. The SMILES string of the molecule is CC(C)Oc1cc2nn(C34CCC(C)(C3)OC4)cc2cc1C(=O)Nc1cccn(C2CC2)c1=O. The number of pyridine rings is 1. The molecule has 2 aliphatic carbocycles. The van der Waals surface area contributed by atoms with Gasteiger partial charge >= 0.3 is 0 Å². The number of nitrogens with zero attached hydrogens (tertiary/aromatic N) is 3. The first-order chi connectivity index (χ1) is 16.3. The van der Waals surface area contributed by atoms with Crippen LogP contribution in [0.15, 0.2) is 41.5 Å². The van der Waals surface area contributed by atoms with Crippen LogP contribution < -0.4 is 15.6 Å². The lowest BCUT2D eigenvalue weighted by molar-refractivity contribution is -0.0149. The quantitative estimate of drug-likeness (QED) is 0.592. The minimum absolute atomic E-state index is 0.0713. The monoisotopic (exact) mass is 462 g/mol. The van der Waals surface area contributed by atoms with E-state index < -0.39 is 0 Å². The van der Waals surface area contributed by atoms with Gasteiger partial charge in [0.15, 0.2) is 0 Å². The van der Waals surface area contributed by atoms with E-state index in [2.05, 4.69) is 12.2 Å². The standard InChI is InChI=1S/C26H30N4O4/c1-16(2)34-22-12-21-17(13-30(28-21)26-9-8-25(3,14-26)33-15-26)11-19(22)23(31)27-20-5-4-10-29(24(20)32)18-6-7-18/h4-5,10-13,16,18H,6-9,14-15H2,1-3H3,(H,27,31). The van der Waals surface area contributed by atoms with Crippen LogP contribution in [0.3, 0.4) is 0 Å². The Bertz CT molecular complexity index is 1340. The van der Waals surface area contributed by atoms with Crippen molar-refractivity contribution in [2.45, 2.75) is 76.2 Å². The molecule has 1 aromatic carbocycles. The summed E-state index contributed by atoms with van der Waals surface area (Å²) in [5.74, 6) is 0.0897. The molecule has 2 atom stereocenters. The Hall–Kier alpha value is -3.13. The molecule has 3 fully saturated rings. The average Bonchev–Trinajstić information content (AvgIpc) is 3.32. The highest BCUT2D eigenvalue weighted by Crippen LogP contribution is 2.51. The van der Waals surface area contributed by atoms with E-state index in [9.17, 15) is 9.59 Å². The van der Waals surface area contributed by atoms with Gasteiger partial charge in [-0.25, -0.2) is 0 Å². The smallest absolute Gasteiger partial charge is 0.274 e. The van der Waals surface area contributed by atoms with Crippen LogP contribution in [0.4, 0.5) is 5.69 Å². The van der Waals surface area contributed by atoms with Crippen molar-refractivity contribution < 1.29 is 14.3 Å². The van der Waals surface area contributed by atoms with Crippen molar-refractivity contribution in [1.82, 2.24) is 14.3 Å². The minimum Gasteiger partial charge on any atom is -0.490 e. The predicted molar refractivity (Wildman–Crippen MR) is 129 cm³/mol. The van der Waals surface area contributed by atoms with Gasteiger partial charge in [0, 0.05) is 36.3 Å². The second kappa shape index (κ2) is 7.43. The van der Waals surface area contributed by atoms with Gasteiger partial charge in [-0.15, -0.1) is 0 Å². The molecule has 3 aliphatic rings. The van der Waals surface area contributed by atoms with Crippen LogP contribution in [-0.4, -0.2) is 38.6 Å². The molecular weight excluding hydrogens is 432 g/mol. The predicted octanol–water partition coefficient (Wildman–Crippen LogP) is 4.24. The molecule has 3 heterocycles. The molecule has 34 heavy (non-hydrogen) atoms. The zero-order chi connectivity index (χ0) is 23.7. The number of fused-ring (bicyclic) bond motifs is 3. The third-order valence-electron chi connectivity index (χ3n) is 7.37. The van der Waals surface area contributed by atoms with Crippen LogP contribution in [0.2, 0.25) is 0 Å². The first-order valence-electron chi connectivity index (χ1n) is 12.1. The maximum absolute atomic E-state index is 13.4. The van der Waals surface area contributed by atoms with Crippen molar-refractivity contribution in [2.75, 3.05) is 11.9 Å². The Labute approximate surface area is 197 Å². The molecule has 0 radical (unpaired) electrons. The summed E-state index contributed by atoms with van der Waals surface area (Å²) in [6.07, 6.45) is 8.66. The first kappa shape index (κ1) is 21.4. The maximum atomic E-state index is 13.4. The summed E-state index contributed by atoms with van der Waals surface area (Å²) in [7, 11) is 0. The van der Waals surface area contributed by atoms with Gasteiger partial charge in [0.25, 0.3) is 11.5 Å². The van der Waals surface area contributed by atoms with Crippen LogP contribution in [0.5, 0.6) is 5.75 Å². The van der Waals surface area contributed by atoms with E-state index in [1.54, 1.807) is 22.9 Å². The van der Waals surface area contributed by atoms with Crippen molar-refractivity contribution in [3.05, 3.63) is 52.6 Å². The van der Waals surface area contributed by atoms with E-state index >= 15 is 0 Å². The van der Waals surface area contributed by atoms with E-state index in [4.69, 9.17) is 14.6 Å². The van der Waals surface area contributed by atoms with Crippen molar-refractivity contribution in [2.24, 2.45) is 0 Å². The molecule has 2 aromatic heterocycles. The largest absolute Gasteiger partial charge is 0.490 e. The van der Waals surface area contributed by atoms with Gasteiger partial charge in [0.05, 0.1) is 34.9 Å². The van der Waals surface area contributed by atoms with Gasteiger partial charge in [-0.2, -0.15) is 5.10 Å². The third kappa shape index (κ3) is 3.52. The zero-order valence-corrected chi connectivity index (χ0v) is 19.8. The number of ether oxygens (including phenoxy) is 2. The van der Waals surface area contributed by atoms with Gasteiger partial charge in [0.1, 0.15) is 11.4 Å². The number of amides is 1. The second-order valence-electron chi connectivity index (χ2n) is 10.6. The van der Waals surface area contributed by atoms with Gasteiger partial charge in [-0.1, -0.05) is 0 Å². The van der Waals surface area contributed by atoms with Crippen LogP contribution >= 0.6 is 0 Å². The number of carbonyl (C=O) groups is 1. The van der Waals surface area contributed by atoms with E-state index in [1.165, 1.54) is 0 Å². The molecule has 1 saturated heterocycles. The number of hydrogen-bond acceptors (Lipinski definition) is 5. The van der Waals surface area contributed by atoms with E-state index in [0.29, 0.717) is 17.9 Å². The minimum atomic E-state index is -0.369. The molecule has 2 unspecified atom stereocenters. The fourth-order valence-corrected chi connectivity index (χ4v) is 5.45. The summed E-state index contributed by atoms with van der Waals surface area (Å²) in [5, 5.41) is 8.55. The maximum Gasteiger partial charge on any atom is 0.274 e. The Morgan fingerprint density at radius 1 is 1.29 bits per heavy atom. The molecule has 8 nitrogen and oxygen atoms in total. The summed E-state index contributed by atoms with van der Waals surface area (Å²) in [6.45, 7) is 6.67. The molecule has 6 rings (SSSR count). The molecule has 3 aromatic rings. The molecule has 2 bridgehead atoms. The van der Waals surface area contributed by atoms with E-state index in [-0.39, 0.29) is 40.4 Å². The molecule has 8 heteroatoms. The number of carbonyl (C=O) groups excluding carboxylic acids is 1. The highest BCUT2D eigenvalue weighted by molar-refractivity contribution is 6.08. The Morgan fingerprint density at radius 3 is 2.76 bits per heavy atom. The molecule has 1 amide bonds. The topological polar surface area (TPSA) is 87.4 Å². The lowest BCUT2D eigenvalue weighted by atomic mass is 9.99. The lowest BCUT2D eigenvalue weighted by Crippen LogP contribution is -2.33. The number of rotatable bonds is 6. The Kier molecular flexibility index (Phi) is 4.68. The molecule has 0 spiro atoms. The number of anilines is 1. The number of nitrogens with one attached hydrogen (secondary N) is 1. The summed E-state index contributed by atoms with van der Waals surface area (Å²) < 4.78 is 15.8. The van der Waals surface area contributed by atoms with Crippen LogP contribution in [-0.2, 0) is 10.3 Å². The lowest BCUT2D eigenvalue weighted by Gasteiger charge is -2.26. The molecule has 2 saturated carbocycles. The highest BCUT2D eigenvalue weighted by atomic mass is 16.5. The van der Waals surface area contributed by atoms with Crippen molar-refractivity contribution in [3.63, 3.8) is 0 Å². The summed E-state index contributed by atoms with van der Waals surface area (Å²) >= 11 is 0. The molecule has 1 N–H and O–H groups in total. The van der Waals surface area contributed by atoms with Gasteiger partial charge in [-0.3, -0.25) is 14.3 Å². The van der Waals surface area contributed by atoms with Crippen molar-refractivity contribution in [1.29, 1.82) is 0 Å². The van der Waals surface area contributed by atoms with Crippen molar-refractivity contribution >= 4 is 22.5 Å². The number of hydrogen-bond donors (Lipinski definition) is 1. The molecular formula is C26H30N4O4. The van der Waals surface area contributed by atoms with Crippen LogP contribution in [0, 0.1) is 0 Å². The fraction of sp³-hybridized carbons (Fsp3) is 0.500. The van der Waals surface area contributed by atoms with Crippen LogP contribution in [0.25, 0.3) is 10.9 Å². The summed E-state index contributed by atoms with van der Waals surface area (Å²) in [6, 6.07) is 7.33. The zero-order valence-electron chi connectivity index (χ0n) is 19.8. The van der Waals surface area contributed by atoms with Gasteiger partial charge in [-0.05, 0) is 64.7 Å². The normalized spacial score (nSPS) is 25.9. The second-order valence-corrected chi connectivity index (χ2v) is 10.6. The summed E-state index contributed by atoms with van der Waals surface area (Å²) in [5.41, 5.74) is 1.06. The molecule has 178 valence electrons. The Balaban J connectivity index is 1.37. The summed E-state index contributed by atoms with van der Waals surface area (Å²) in [4.78, 5) is 26.2. The van der Waals surface area contributed by atoms with E-state index in [0.717, 1.165) is 43.0 Å². The van der Waals surface area contributed by atoms with E-state index in [1.807, 2.05) is 36.9 Å². The third-order valence-corrected chi connectivity index (χ3v) is 7.37. The van der Waals surface area contributed by atoms with Gasteiger partial charge < -0.3 is 19.4 Å². The Morgan fingerprint density at radius 2 is 2.12 bits per heavy atom. The number of aromatic nitrogens is 3. The van der Waals surface area contributed by atoms with Crippen LogP contribution in [0.1, 0.15) is 69.3 Å². The molecule has 1 aliphatic heterocycles. The fourth-order valence-electron chi connectivity index (χ4n) is 5.45. The van der Waals surface area contributed by atoms with Gasteiger partial charge in [0.2, 0.25) is 0 Å². The highest BCUT2D eigenvalue weighted by Gasteiger charge is 2.54. The van der Waals surface area contributed by atoms with Crippen molar-refractivity contribution in [3.8, 4) is 5.75 Å². The number of benzene rings is 1. The first-order valence-corrected chi connectivity index (χ1v) is 12.1.